The molecule has 1 rings (SSSR count). The van der Waals surface area contributed by atoms with Crippen molar-refractivity contribution in [2.75, 3.05) is 20.0 Å². The van der Waals surface area contributed by atoms with Gasteiger partial charge in [0, 0.05) is 20.0 Å². The number of alkyl halides is 1. The highest BCUT2D eigenvalue weighted by atomic mass is 35.5. The van der Waals surface area contributed by atoms with Crippen LogP contribution in [0.25, 0.3) is 0 Å². The number of nitriles is 1. The van der Waals surface area contributed by atoms with Crippen molar-refractivity contribution in [2.24, 2.45) is 0 Å². The predicted octanol–water partition coefficient (Wildman–Crippen LogP) is 1.23. The van der Waals surface area contributed by atoms with Crippen molar-refractivity contribution in [3.63, 3.8) is 0 Å². The lowest BCUT2D eigenvalue weighted by Gasteiger charge is -2.15. The summed E-state index contributed by atoms with van der Waals surface area (Å²) in [5.41, 5.74) is 0.280. The third kappa shape index (κ3) is 2.78. The van der Waals surface area contributed by atoms with Gasteiger partial charge in [-0.25, -0.2) is 8.96 Å². The van der Waals surface area contributed by atoms with Crippen molar-refractivity contribution in [3.8, 4) is 6.07 Å². The molecule has 0 N–H and O–H groups in total. The number of rotatable bonds is 5. The molecule has 18 heavy (non-hydrogen) atoms. The summed E-state index contributed by atoms with van der Waals surface area (Å²) in [5.74, 6) is 0.115. The molecule has 0 aromatic carbocycles. The number of imidazole rings is 1. The van der Waals surface area contributed by atoms with Crippen LogP contribution in [0.1, 0.15) is 17.9 Å². The van der Waals surface area contributed by atoms with Crippen LogP contribution in [0.4, 0.5) is 0 Å². The van der Waals surface area contributed by atoms with Crippen molar-refractivity contribution in [3.05, 3.63) is 16.7 Å². The lowest BCUT2D eigenvalue weighted by atomic mass is 10.3. The van der Waals surface area contributed by atoms with E-state index in [-0.39, 0.29) is 16.7 Å². The fourth-order valence-corrected chi connectivity index (χ4v) is 2.86. The molecule has 0 saturated heterocycles. The molecule has 0 unspecified atom stereocenters. The van der Waals surface area contributed by atoms with E-state index in [9.17, 15) is 8.42 Å². The monoisotopic (exact) mass is 310 g/mol. The molecule has 0 aliphatic carbocycles. The Morgan fingerprint density at radius 2 is 2.11 bits per heavy atom. The Bertz CT molecular complexity index is 574. The molecule has 0 saturated carbocycles. The van der Waals surface area contributed by atoms with Crippen molar-refractivity contribution in [1.29, 1.82) is 5.26 Å². The van der Waals surface area contributed by atoms with E-state index in [1.54, 1.807) is 6.07 Å². The minimum atomic E-state index is -3.82. The SMILES string of the molecule is CN(C)S(=O)(=O)n1c(C#N)nc(Cl)c1CCCCl. The molecular weight excluding hydrogens is 299 g/mol. The van der Waals surface area contributed by atoms with E-state index in [0.717, 1.165) is 8.28 Å². The minimum absolute atomic E-state index is 0.0158. The second-order valence-electron chi connectivity index (χ2n) is 3.63. The first-order chi connectivity index (χ1) is 8.36. The van der Waals surface area contributed by atoms with Crippen molar-refractivity contribution >= 4 is 33.4 Å². The van der Waals surface area contributed by atoms with E-state index < -0.39 is 10.2 Å². The molecule has 0 radical (unpaired) electrons. The molecule has 0 aliphatic heterocycles. The zero-order valence-corrected chi connectivity index (χ0v) is 12.2. The molecule has 1 aromatic rings. The largest absolute Gasteiger partial charge is 0.309 e. The average molecular weight is 311 g/mol. The molecule has 0 atom stereocenters. The molecule has 1 heterocycles. The van der Waals surface area contributed by atoms with Crippen LogP contribution in [0.15, 0.2) is 0 Å². The zero-order valence-electron chi connectivity index (χ0n) is 9.89. The highest BCUT2D eigenvalue weighted by Gasteiger charge is 2.27. The fraction of sp³-hybridized carbons (Fsp3) is 0.556. The van der Waals surface area contributed by atoms with Gasteiger partial charge in [-0.15, -0.1) is 11.6 Å². The Labute approximate surface area is 116 Å². The summed E-state index contributed by atoms with van der Waals surface area (Å²) in [4.78, 5) is 3.75. The molecule has 1 aromatic heterocycles. The van der Waals surface area contributed by atoms with Gasteiger partial charge < -0.3 is 0 Å². The number of nitrogens with zero attached hydrogens (tertiary/aromatic N) is 4. The molecule has 0 spiro atoms. The van der Waals surface area contributed by atoms with Crippen molar-refractivity contribution < 1.29 is 8.42 Å². The predicted molar refractivity (Wildman–Crippen MR) is 69.0 cm³/mol. The van der Waals surface area contributed by atoms with Crippen LogP contribution in [0, 0.1) is 11.3 Å². The summed E-state index contributed by atoms with van der Waals surface area (Å²) in [6.45, 7) is 0. The van der Waals surface area contributed by atoms with Gasteiger partial charge in [0.1, 0.15) is 6.07 Å². The lowest BCUT2D eigenvalue weighted by molar-refractivity contribution is 0.508. The normalized spacial score (nSPS) is 11.8. The van der Waals surface area contributed by atoms with Crippen LogP contribution in [-0.2, 0) is 16.6 Å². The van der Waals surface area contributed by atoms with Crippen molar-refractivity contribution in [1.82, 2.24) is 13.3 Å². The van der Waals surface area contributed by atoms with Gasteiger partial charge in [0.25, 0.3) is 0 Å². The van der Waals surface area contributed by atoms with Crippen LogP contribution in [0.5, 0.6) is 0 Å². The summed E-state index contributed by atoms with van der Waals surface area (Å²) in [6, 6.07) is 1.72. The molecule has 0 bridgehead atoms. The Balaban J connectivity index is 3.45. The van der Waals surface area contributed by atoms with Gasteiger partial charge in [0.2, 0.25) is 5.82 Å². The Kier molecular flexibility index (Phi) is 4.99. The quantitative estimate of drug-likeness (QED) is 0.766. The highest BCUT2D eigenvalue weighted by Crippen LogP contribution is 2.22. The van der Waals surface area contributed by atoms with Crippen LogP contribution < -0.4 is 0 Å². The van der Waals surface area contributed by atoms with E-state index in [1.807, 2.05) is 0 Å². The summed E-state index contributed by atoms with van der Waals surface area (Å²) in [7, 11) is -1.08. The number of hydrogen-bond donors (Lipinski definition) is 0. The molecule has 9 heteroatoms. The van der Waals surface area contributed by atoms with E-state index in [4.69, 9.17) is 28.5 Å². The second-order valence-corrected chi connectivity index (χ2v) is 6.36. The smallest absolute Gasteiger partial charge is 0.206 e. The van der Waals surface area contributed by atoms with Gasteiger partial charge in [-0.05, 0) is 12.8 Å². The van der Waals surface area contributed by atoms with Gasteiger partial charge in [0.05, 0.1) is 5.69 Å². The highest BCUT2D eigenvalue weighted by molar-refractivity contribution is 7.87. The van der Waals surface area contributed by atoms with Crippen LogP contribution in [0.2, 0.25) is 5.15 Å². The molecule has 0 fully saturated rings. The van der Waals surface area contributed by atoms with E-state index in [0.29, 0.717) is 18.7 Å². The van der Waals surface area contributed by atoms with E-state index in [1.165, 1.54) is 14.1 Å². The average Bonchev–Trinajstić information content (AvgIpc) is 2.63. The van der Waals surface area contributed by atoms with Gasteiger partial charge in [-0.1, -0.05) is 11.6 Å². The second kappa shape index (κ2) is 5.89. The third-order valence-corrected chi connectivity index (χ3v) is 4.57. The first-order valence-electron chi connectivity index (χ1n) is 5.02. The third-order valence-electron chi connectivity index (χ3n) is 2.22. The topological polar surface area (TPSA) is 79.0 Å². The molecule has 6 nitrogen and oxygen atoms in total. The number of halogens is 2. The minimum Gasteiger partial charge on any atom is -0.206 e. The maximum absolute atomic E-state index is 12.1. The van der Waals surface area contributed by atoms with Gasteiger partial charge in [-0.2, -0.15) is 18.0 Å². The van der Waals surface area contributed by atoms with E-state index in [2.05, 4.69) is 4.98 Å². The first-order valence-corrected chi connectivity index (χ1v) is 7.33. The molecular formula is C9H12Cl2N4O2S. The van der Waals surface area contributed by atoms with Gasteiger partial charge >= 0.3 is 10.2 Å². The van der Waals surface area contributed by atoms with Crippen molar-refractivity contribution in [2.45, 2.75) is 12.8 Å². The maximum atomic E-state index is 12.1. The fourth-order valence-electron chi connectivity index (χ4n) is 1.34. The summed E-state index contributed by atoms with van der Waals surface area (Å²) < 4.78 is 26.1. The first kappa shape index (κ1) is 15.2. The number of hydrogen-bond acceptors (Lipinski definition) is 4. The van der Waals surface area contributed by atoms with Crippen LogP contribution in [-0.4, -0.2) is 41.7 Å². The molecule has 0 amide bonds. The number of aromatic nitrogens is 2. The molecule has 100 valence electrons. The standard InChI is InChI=1S/C9H12Cl2N4O2S/c1-14(2)18(16,17)15-7(4-3-5-10)9(11)13-8(15)6-12/h3-5H2,1-2H3. The Morgan fingerprint density at radius 1 is 1.50 bits per heavy atom. The van der Waals surface area contributed by atoms with Gasteiger partial charge in [0.15, 0.2) is 5.15 Å². The summed E-state index contributed by atoms with van der Waals surface area (Å²) in [5, 5.41) is 8.94. The zero-order chi connectivity index (χ0) is 13.9. The van der Waals surface area contributed by atoms with Gasteiger partial charge in [-0.3, -0.25) is 0 Å². The van der Waals surface area contributed by atoms with Crippen LogP contribution in [0.3, 0.4) is 0 Å². The summed E-state index contributed by atoms with van der Waals surface area (Å²) >= 11 is 11.4. The molecule has 0 aliphatic rings. The Hall–Kier alpha value is -0.810. The van der Waals surface area contributed by atoms with Crippen LogP contribution >= 0.6 is 23.2 Å². The summed E-state index contributed by atoms with van der Waals surface area (Å²) in [6.07, 6.45) is 0.880. The Morgan fingerprint density at radius 3 is 2.56 bits per heavy atom. The van der Waals surface area contributed by atoms with E-state index >= 15 is 0 Å². The maximum Gasteiger partial charge on any atom is 0.309 e. The lowest BCUT2D eigenvalue weighted by Crippen LogP contribution is -2.31.